The van der Waals surface area contributed by atoms with Gasteiger partial charge in [-0.05, 0) is 19.1 Å². The van der Waals surface area contributed by atoms with Crippen molar-refractivity contribution in [1.82, 2.24) is 4.98 Å². The van der Waals surface area contributed by atoms with Crippen LogP contribution in [0.3, 0.4) is 0 Å². The molecule has 0 spiro atoms. The third-order valence-corrected chi connectivity index (χ3v) is 1.95. The summed E-state index contributed by atoms with van der Waals surface area (Å²) >= 11 is 0. The average molecular weight is 191 g/mol. The fourth-order valence-corrected chi connectivity index (χ4v) is 0.926. The third-order valence-electron chi connectivity index (χ3n) is 1.95. The van der Waals surface area contributed by atoms with Gasteiger partial charge in [0.1, 0.15) is 5.82 Å². The predicted octanol–water partition coefficient (Wildman–Crippen LogP) is 1.15. The van der Waals surface area contributed by atoms with Gasteiger partial charge in [0.05, 0.1) is 5.56 Å². The van der Waals surface area contributed by atoms with E-state index < -0.39 is 5.91 Å². The van der Waals surface area contributed by atoms with Gasteiger partial charge in [0.2, 0.25) is 5.91 Å². The maximum absolute atomic E-state index is 10.8. The van der Waals surface area contributed by atoms with E-state index in [0.717, 1.165) is 11.5 Å². The zero-order valence-electron chi connectivity index (χ0n) is 8.32. The van der Waals surface area contributed by atoms with Crippen LogP contribution >= 0.6 is 0 Å². The van der Waals surface area contributed by atoms with E-state index in [4.69, 9.17) is 5.73 Å². The zero-order chi connectivity index (χ0) is 10.7. The molecular weight excluding hydrogens is 178 g/mol. The number of primary amides is 1. The Morgan fingerprint density at radius 1 is 1.57 bits per heavy atom. The summed E-state index contributed by atoms with van der Waals surface area (Å²) in [6, 6.07) is 3.37. The highest BCUT2D eigenvalue weighted by Gasteiger charge is 2.04. The Hall–Kier alpha value is -1.84. The van der Waals surface area contributed by atoms with E-state index in [2.05, 4.69) is 11.6 Å². The molecule has 0 aliphatic carbocycles. The molecule has 0 aromatic carbocycles. The highest BCUT2D eigenvalue weighted by molar-refractivity contribution is 5.92. The quantitative estimate of drug-likeness (QED) is 0.779. The van der Waals surface area contributed by atoms with Crippen molar-refractivity contribution >= 4 is 11.7 Å². The number of nitrogens with two attached hydrogens (primary N) is 1. The van der Waals surface area contributed by atoms with Crippen molar-refractivity contribution in [2.24, 2.45) is 5.73 Å². The molecule has 14 heavy (non-hydrogen) atoms. The Kier molecular flexibility index (Phi) is 2.86. The first-order valence-corrected chi connectivity index (χ1v) is 4.17. The summed E-state index contributed by atoms with van der Waals surface area (Å²) in [6.07, 6.45) is 1.46. The number of anilines is 1. The van der Waals surface area contributed by atoms with Crippen LogP contribution in [0.25, 0.3) is 0 Å². The van der Waals surface area contributed by atoms with Crippen molar-refractivity contribution < 1.29 is 4.79 Å². The standard InChI is InChI=1S/C10H13N3O/c1-7(2)13(3)9-5-4-8(6-12-9)10(11)14/h4-6H,1H2,2-3H3,(H2,11,14). The molecule has 0 saturated carbocycles. The minimum absolute atomic E-state index is 0.406. The van der Waals surface area contributed by atoms with Gasteiger partial charge in [-0.1, -0.05) is 6.58 Å². The summed E-state index contributed by atoms with van der Waals surface area (Å²) < 4.78 is 0. The van der Waals surface area contributed by atoms with Crippen LogP contribution in [0.4, 0.5) is 5.82 Å². The number of pyridine rings is 1. The maximum Gasteiger partial charge on any atom is 0.250 e. The number of aromatic nitrogens is 1. The number of hydrogen-bond donors (Lipinski definition) is 1. The predicted molar refractivity (Wildman–Crippen MR) is 56.0 cm³/mol. The number of nitrogens with zero attached hydrogens (tertiary/aromatic N) is 2. The van der Waals surface area contributed by atoms with Crippen molar-refractivity contribution in [3.8, 4) is 0 Å². The third kappa shape index (κ3) is 2.10. The Labute approximate surface area is 83.0 Å². The number of amides is 1. The number of carbonyl (C=O) groups is 1. The smallest absolute Gasteiger partial charge is 0.250 e. The number of hydrogen-bond acceptors (Lipinski definition) is 3. The molecule has 4 nitrogen and oxygen atoms in total. The molecule has 1 aromatic rings. The lowest BCUT2D eigenvalue weighted by Crippen LogP contribution is -2.16. The maximum atomic E-state index is 10.8. The highest BCUT2D eigenvalue weighted by atomic mass is 16.1. The van der Waals surface area contributed by atoms with Gasteiger partial charge in [0.15, 0.2) is 0 Å². The topological polar surface area (TPSA) is 59.2 Å². The van der Waals surface area contributed by atoms with E-state index >= 15 is 0 Å². The van der Waals surface area contributed by atoms with E-state index in [0.29, 0.717) is 5.56 Å². The molecule has 0 unspecified atom stereocenters. The van der Waals surface area contributed by atoms with Gasteiger partial charge >= 0.3 is 0 Å². The Bertz CT molecular complexity index is 356. The van der Waals surface area contributed by atoms with Crippen molar-refractivity contribution in [2.45, 2.75) is 6.92 Å². The molecule has 0 aliphatic heterocycles. The van der Waals surface area contributed by atoms with E-state index in [1.165, 1.54) is 6.20 Å². The molecule has 0 aliphatic rings. The van der Waals surface area contributed by atoms with Gasteiger partial charge in [-0.3, -0.25) is 4.79 Å². The molecule has 1 rings (SSSR count). The second-order valence-electron chi connectivity index (χ2n) is 3.06. The lowest BCUT2D eigenvalue weighted by Gasteiger charge is -2.17. The largest absolute Gasteiger partial charge is 0.366 e. The van der Waals surface area contributed by atoms with Crippen LogP contribution in [0.1, 0.15) is 17.3 Å². The van der Waals surface area contributed by atoms with Crippen LogP contribution in [0, 0.1) is 0 Å². The van der Waals surface area contributed by atoms with Crippen molar-refractivity contribution in [1.29, 1.82) is 0 Å². The van der Waals surface area contributed by atoms with Gasteiger partial charge in [0.25, 0.3) is 0 Å². The number of rotatable bonds is 3. The molecular formula is C10H13N3O. The highest BCUT2D eigenvalue weighted by Crippen LogP contribution is 2.12. The summed E-state index contributed by atoms with van der Waals surface area (Å²) in [5, 5.41) is 0. The minimum Gasteiger partial charge on any atom is -0.366 e. The van der Waals surface area contributed by atoms with Crippen molar-refractivity contribution in [3.05, 3.63) is 36.2 Å². The summed E-state index contributed by atoms with van der Waals surface area (Å²) in [5.41, 5.74) is 6.37. The molecule has 0 atom stereocenters. The van der Waals surface area contributed by atoms with E-state index in [-0.39, 0.29) is 0 Å². The molecule has 0 fully saturated rings. The van der Waals surface area contributed by atoms with E-state index in [1.54, 1.807) is 12.1 Å². The van der Waals surface area contributed by atoms with Crippen LogP contribution in [-0.4, -0.2) is 17.9 Å². The molecule has 0 saturated heterocycles. The first kappa shape index (κ1) is 10.2. The van der Waals surface area contributed by atoms with Crippen molar-refractivity contribution in [3.63, 3.8) is 0 Å². The van der Waals surface area contributed by atoms with E-state index in [9.17, 15) is 4.79 Å². The number of allylic oxidation sites excluding steroid dienone is 1. The Morgan fingerprint density at radius 2 is 2.21 bits per heavy atom. The molecule has 2 N–H and O–H groups in total. The van der Waals surface area contributed by atoms with Gasteiger partial charge in [-0.2, -0.15) is 0 Å². The molecule has 0 bridgehead atoms. The summed E-state index contributed by atoms with van der Waals surface area (Å²) in [7, 11) is 1.86. The first-order chi connectivity index (χ1) is 6.52. The fraction of sp³-hybridized carbons (Fsp3) is 0.200. The molecule has 0 radical (unpaired) electrons. The zero-order valence-corrected chi connectivity index (χ0v) is 8.32. The number of carbonyl (C=O) groups excluding carboxylic acids is 1. The second kappa shape index (κ2) is 3.91. The van der Waals surface area contributed by atoms with Crippen LogP contribution in [-0.2, 0) is 0 Å². The SMILES string of the molecule is C=C(C)N(C)c1ccc(C(N)=O)cn1. The Balaban J connectivity index is 2.94. The Morgan fingerprint density at radius 3 is 2.57 bits per heavy atom. The van der Waals surface area contributed by atoms with Crippen LogP contribution in [0.2, 0.25) is 0 Å². The van der Waals surface area contributed by atoms with Gasteiger partial charge < -0.3 is 10.6 Å². The van der Waals surface area contributed by atoms with Crippen LogP contribution in [0.15, 0.2) is 30.6 Å². The normalized spacial score (nSPS) is 9.57. The summed E-state index contributed by atoms with van der Waals surface area (Å²) in [6.45, 7) is 5.66. The van der Waals surface area contributed by atoms with Crippen molar-refractivity contribution in [2.75, 3.05) is 11.9 Å². The van der Waals surface area contributed by atoms with Gasteiger partial charge in [-0.15, -0.1) is 0 Å². The molecule has 74 valence electrons. The molecule has 4 heteroatoms. The van der Waals surface area contributed by atoms with Gasteiger partial charge in [0, 0.05) is 18.9 Å². The lowest BCUT2D eigenvalue weighted by atomic mass is 10.2. The molecule has 1 amide bonds. The lowest BCUT2D eigenvalue weighted by molar-refractivity contribution is 0.1000. The van der Waals surface area contributed by atoms with Gasteiger partial charge in [-0.25, -0.2) is 4.98 Å². The monoisotopic (exact) mass is 191 g/mol. The average Bonchev–Trinajstić information content (AvgIpc) is 2.16. The molecule has 1 heterocycles. The summed E-state index contributed by atoms with van der Waals surface area (Å²) in [4.78, 5) is 16.7. The summed E-state index contributed by atoms with van der Waals surface area (Å²) in [5.74, 6) is 0.268. The molecule has 1 aromatic heterocycles. The fourth-order valence-electron chi connectivity index (χ4n) is 0.926. The minimum atomic E-state index is -0.470. The first-order valence-electron chi connectivity index (χ1n) is 4.17. The second-order valence-corrected chi connectivity index (χ2v) is 3.06. The van der Waals surface area contributed by atoms with Crippen LogP contribution < -0.4 is 10.6 Å². The van der Waals surface area contributed by atoms with E-state index in [1.807, 2.05) is 18.9 Å². The van der Waals surface area contributed by atoms with Crippen LogP contribution in [0.5, 0.6) is 0 Å².